The van der Waals surface area contributed by atoms with Crippen LogP contribution in [0, 0.1) is 11.6 Å². The van der Waals surface area contributed by atoms with Crippen LogP contribution in [0.25, 0.3) is 0 Å². The zero-order chi connectivity index (χ0) is 28.1. The Morgan fingerprint density at radius 2 is 1.56 bits per heavy atom. The Morgan fingerprint density at radius 1 is 0.949 bits per heavy atom. The van der Waals surface area contributed by atoms with Crippen LogP contribution in [0.2, 0.25) is 0 Å². The minimum atomic E-state index is -1.04. The van der Waals surface area contributed by atoms with Crippen molar-refractivity contribution in [3.05, 3.63) is 71.3 Å². The molecule has 0 aromatic heterocycles. The first-order valence-electron chi connectivity index (χ1n) is 13.0. The molecule has 11 heteroatoms. The number of nitrogens with zero attached hydrogens (tertiary/aromatic N) is 2. The van der Waals surface area contributed by atoms with Crippen molar-refractivity contribution in [3.63, 3.8) is 0 Å². The third-order valence-electron chi connectivity index (χ3n) is 7.34. The number of carbonyl (C=O) groups excluding carboxylic acids is 4. The van der Waals surface area contributed by atoms with Crippen molar-refractivity contribution >= 4 is 23.6 Å². The molecular formula is C28H33F2N5O4. The van der Waals surface area contributed by atoms with E-state index in [-0.39, 0.29) is 43.7 Å². The van der Waals surface area contributed by atoms with Gasteiger partial charge in [-0.1, -0.05) is 24.3 Å². The lowest BCUT2D eigenvalue weighted by Crippen LogP contribution is -2.57. The van der Waals surface area contributed by atoms with Crippen LogP contribution in [0.1, 0.15) is 30.9 Å². The Labute approximate surface area is 225 Å². The summed E-state index contributed by atoms with van der Waals surface area (Å²) in [6, 6.07) is 8.61. The van der Waals surface area contributed by atoms with Crippen LogP contribution in [0.4, 0.5) is 8.78 Å². The minimum absolute atomic E-state index is 0.0103. The summed E-state index contributed by atoms with van der Waals surface area (Å²) in [5.74, 6) is -2.22. The van der Waals surface area contributed by atoms with Crippen molar-refractivity contribution in [1.29, 1.82) is 0 Å². The molecule has 2 heterocycles. The van der Waals surface area contributed by atoms with Gasteiger partial charge in [0.2, 0.25) is 23.6 Å². The Kier molecular flexibility index (Phi) is 8.90. The zero-order valence-corrected chi connectivity index (χ0v) is 22.0. The summed E-state index contributed by atoms with van der Waals surface area (Å²) in [5.41, 5.74) is 1.34. The number of rotatable bonds is 8. The van der Waals surface area contributed by atoms with Crippen molar-refractivity contribution in [2.75, 3.05) is 20.1 Å². The molecule has 1 unspecified atom stereocenters. The van der Waals surface area contributed by atoms with E-state index in [1.807, 2.05) is 0 Å². The predicted octanol–water partition coefficient (Wildman–Crippen LogP) is 1.12. The van der Waals surface area contributed by atoms with Gasteiger partial charge in [-0.2, -0.15) is 0 Å². The molecule has 208 valence electrons. The van der Waals surface area contributed by atoms with Gasteiger partial charge in [-0.25, -0.2) is 8.78 Å². The first kappa shape index (κ1) is 28.2. The average Bonchev–Trinajstić information content (AvgIpc) is 3.29. The van der Waals surface area contributed by atoms with Crippen LogP contribution >= 0.6 is 0 Å². The second kappa shape index (κ2) is 12.3. The van der Waals surface area contributed by atoms with E-state index in [4.69, 9.17) is 0 Å². The lowest BCUT2D eigenvalue weighted by atomic mass is 10.1. The quantitative estimate of drug-likeness (QED) is 0.464. The zero-order valence-electron chi connectivity index (χ0n) is 22.0. The molecule has 39 heavy (non-hydrogen) atoms. The average molecular weight is 542 g/mol. The van der Waals surface area contributed by atoms with Gasteiger partial charge in [-0.05, 0) is 62.2 Å². The largest absolute Gasteiger partial charge is 0.350 e. The van der Waals surface area contributed by atoms with E-state index in [9.17, 15) is 28.0 Å². The molecule has 2 aromatic carbocycles. The van der Waals surface area contributed by atoms with Crippen LogP contribution < -0.4 is 16.0 Å². The number of carbonyl (C=O) groups is 4. The molecule has 4 rings (SSSR count). The molecule has 4 atom stereocenters. The molecule has 9 nitrogen and oxygen atoms in total. The fourth-order valence-electron chi connectivity index (χ4n) is 5.00. The van der Waals surface area contributed by atoms with E-state index in [1.165, 1.54) is 41.3 Å². The molecule has 2 fully saturated rings. The summed E-state index contributed by atoms with van der Waals surface area (Å²) in [4.78, 5) is 56.0. The number of hydrogen-bond acceptors (Lipinski definition) is 5. The molecule has 2 aromatic rings. The van der Waals surface area contributed by atoms with E-state index in [0.717, 1.165) is 0 Å². The monoisotopic (exact) mass is 541 g/mol. The van der Waals surface area contributed by atoms with E-state index >= 15 is 0 Å². The normalized spacial score (nSPS) is 21.6. The maximum absolute atomic E-state index is 13.8. The topological polar surface area (TPSA) is 111 Å². The standard InChI is InChI=1S/C28H33F2N5O4/c1-17(31-2)26(37)33-23-16-34(25(36)13-18-3-7-20(29)8-4-18)15-22-11-12-24(35(22)28(23)39)27(38)32-14-19-5-9-21(30)10-6-19/h3-10,17,22-24,31H,11-16H2,1-2H3,(H,32,38)(H,33,37)/t17-,22?,23-,24-/m0/s1. The summed E-state index contributed by atoms with van der Waals surface area (Å²) < 4.78 is 26.5. The predicted molar refractivity (Wildman–Crippen MR) is 139 cm³/mol. The summed E-state index contributed by atoms with van der Waals surface area (Å²) in [6.45, 7) is 1.99. The molecule has 0 bridgehead atoms. The van der Waals surface area contributed by atoms with Gasteiger partial charge in [0, 0.05) is 19.6 Å². The van der Waals surface area contributed by atoms with Crippen LogP contribution in [-0.4, -0.2) is 77.7 Å². The fraction of sp³-hybridized carbons (Fsp3) is 0.429. The maximum atomic E-state index is 13.8. The highest BCUT2D eigenvalue weighted by atomic mass is 19.1. The van der Waals surface area contributed by atoms with E-state index < -0.39 is 41.8 Å². The second-order valence-corrected chi connectivity index (χ2v) is 10.0. The molecule has 2 aliphatic heterocycles. The highest BCUT2D eigenvalue weighted by Crippen LogP contribution is 2.29. The Morgan fingerprint density at radius 3 is 2.18 bits per heavy atom. The number of nitrogens with one attached hydrogen (secondary N) is 3. The molecule has 0 spiro atoms. The van der Waals surface area contributed by atoms with Crippen LogP contribution in [0.15, 0.2) is 48.5 Å². The van der Waals surface area contributed by atoms with Crippen molar-refractivity contribution in [2.24, 2.45) is 0 Å². The number of likely N-dealkylation sites (N-methyl/N-ethyl adjacent to an activating group) is 1. The minimum Gasteiger partial charge on any atom is -0.350 e. The molecule has 0 saturated carbocycles. The van der Waals surface area contributed by atoms with Gasteiger partial charge in [0.15, 0.2) is 0 Å². The highest BCUT2D eigenvalue weighted by molar-refractivity contribution is 5.94. The molecule has 2 saturated heterocycles. The third-order valence-corrected chi connectivity index (χ3v) is 7.34. The number of benzene rings is 2. The smallest absolute Gasteiger partial charge is 0.247 e. The van der Waals surface area contributed by atoms with E-state index in [1.54, 1.807) is 31.0 Å². The van der Waals surface area contributed by atoms with Crippen molar-refractivity contribution < 1.29 is 28.0 Å². The van der Waals surface area contributed by atoms with Gasteiger partial charge in [-0.15, -0.1) is 0 Å². The van der Waals surface area contributed by atoms with Crippen molar-refractivity contribution in [1.82, 2.24) is 25.8 Å². The highest BCUT2D eigenvalue weighted by Gasteiger charge is 2.47. The maximum Gasteiger partial charge on any atom is 0.247 e. The second-order valence-electron chi connectivity index (χ2n) is 10.0. The Balaban J connectivity index is 1.52. The summed E-state index contributed by atoms with van der Waals surface area (Å²) in [5, 5.41) is 8.40. The number of fused-ring (bicyclic) bond motifs is 1. The summed E-state index contributed by atoms with van der Waals surface area (Å²) >= 11 is 0. The van der Waals surface area contributed by atoms with Gasteiger partial charge in [0.05, 0.1) is 18.5 Å². The first-order chi connectivity index (χ1) is 18.7. The summed E-state index contributed by atoms with van der Waals surface area (Å²) in [6.07, 6.45) is 0.921. The van der Waals surface area contributed by atoms with Gasteiger partial charge in [0.25, 0.3) is 0 Å². The molecule has 0 aliphatic carbocycles. The van der Waals surface area contributed by atoms with Crippen LogP contribution in [0.5, 0.6) is 0 Å². The molecule has 4 amide bonds. The van der Waals surface area contributed by atoms with Crippen molar-refractivity contribution in [2.45, 2.75) is 56.9 Å². The van der Waals surface area contributed by atoms with E-state index in [2.05, 4.69) is 16.0 Å². The number of amides is 4. The SMILES string of the molecule is CN[C@@H](C)C(=O)N[C@H]1CN(C(=O)Cc2ccc(F)cc2)CC2CC[C@@H](C(=O)NCc3ccc(F)cc3)N2C1=O. The molecule has 0 radical (unpaired) electrons. The Hall–Kier alpha value is -3.86. The number of halogens is 2. The lowest BCUT2D eigenvalue weighted by molar-refractivity contribution is -0.142. The van der Waals surface area contributed by atoms with Crippen LogP contribution in [0.3, 0.4) is 0 Å². The molecular weight excluding hydrogens is 508 g/mol. The van der Waals surface area contributed by atoms with Gasteiger partial charge < -0.3 is 25.8 Å². The first-order valence-corrected chi connectivity index (χ1v) is 13.0. The Bertz CT molecular complexity index is 1210. The molecule has 2 aliphatic rings. The number of hydrogen-bond donors (Lipinski definition) is 3. The van der Waals surface area contributed by atoms with Gasteiger partial charge in [-0.3, -0.25) is 19.2 Å². The van der Waals surface area contributed by atoms with Crippen molar-refractivity contribution in [3.8, 4) is 0 Å². The van der Waals surface area contributed by atoms with E-state index in [0.29, 0.717) is 24.0 Å². The van der Waals surface area contributed by atoms with Gasteiger partial charge in [0.1, 0.15) is 23.7 Å². The third kappa shape index (κ3) is 6.78. The molecule has 3 N–H and O–H groups in total. The van der Waals surface area contributed by atoms with Crippen LogP contribution in [-0.2, 0) is 32.1 Å². The lowest BCUT2D eigenvalue weighted by Gasteiger charge is -2.30. The van der Waals surface area contributed by atoms with Gasteiger partial charge >= 0.3 is 0 Å². The fourth-order valence-corrected chi connectivity index (χ4v) is 5.00. The summed E-state index contributed by atoms with van der Waals surface area (Å²) in [7, 11) is 1.62.